The maximum absolute atomic E-state index is 13.1. The van der Waals surface area contributed by atoms with Gasteiger partial charge in [0, 0.05) is 25.1 Å². The van der Waals surface area contributed by atoms with Gasteiger partial charge in [-0.1, -0.05) is 40.6 Å². The highest BCUT2D eigenvalue weighted by Crippen LogP contribution is 2.35. The maximum atomic E-state index is 13.1. The molecule has 1 aliphatic rings. The second kappa shape index (κ2) is 9.45. The van der Waals surface area contributed by atoms with Crippen molar-refractivity contribution >= 4 is 77.8 Å². The van der Waals surface area contributed by atoms with Crippen molar-refractivity contribution in [2.75, 3.05) is 18.4 Å². The molecule has 1 saturated heterocycles. The minimum Gasteiger partial charge on any atom is -0.310 e. The van der Waals surface area contributed by atoms with Gasteiger partial charge in [0.1, 0.15) is 10.0 Å². The van der Waals surface area contributed by atoms with Crippen molar-refractivity contribution in [1.29, 1.82) is 0 Å². The number of anilines is 1. The molecule has 0 aliphatic carbocycles. The minimum atomic E-state index is -3.60. The van der Waals surface area contributed by atoms with Gasteiger partial charge in [-0.15, -0.1) is 11.3 Å². The Morgan fingerprint density at radius 3 is 2.51 bits per heavy atom. The van der Waals surface area contributed by atoms with Crippen molar-refractivity contribution in [3.63, 3.8) is 0 Å². The van der Waals surface area contributed by atoms with Gasteiger partial charge in [0.15, 0.2) is 0 Å². The number of carbonyl (C=O) groups excluding carboxylic acids is 1. The first-order valence-electron chi connectivity index (χ1n) is 10.8. The molecule has 1 aliphatic heterocycles. The lowest BCUT2D eigenvalue weighted by Crippen LogP contribution is -2.41. The number of halogens is 2. The van der Waals surface area contributed by atoms with E-state index in [1.807, 2.05) is 26.0 Å². The molecule has 0 unspecified atom stereocenters. The fourth-order valence-electron chi connectivity index (χ4n) is 4.07. The van der Waals surface area contributed by atoms with Crippen molar-refractivity contribution < 1.29 is 13.2 Å². The van der Waals surface area contributed by atoms with E-state index < -0.39 is 10.0 Å². The lowest BCUT2D eigenvalue weighted by atomic mass is 9.97. The number of hydrogen-bond donors (Lipinski definition) is 1. The third-order valence-electron chi connectivity index (χ3n) is 5.92. The van der Waals surface area contributed by atoms with Gasteiger partial charge >= 0.3 is 0 Å². The standard InChI is InChI=1S/C22H21Cl2N5O3S3/c1-12-3-4-15(23)20-19(12)26-22(34-20)29-17(11-13(2)27-29)25-21(30)14-7-9-28(10-8-14)35(31,32)18-6-5-16(24)33-18/h3-6,11,14H,7-10H2,1-2H3,(H,25,30). The molecule has 1 fully saturated rings. The van der Waals surface area contributed by atoms with Crippen LogP contribution in [0, 0.1) is 19.8 Å². The fourth-order valence-corrected chi connectivity index (χ4v) is 8.45. The normalized spacial score (nSPS) is 15.7. The Morgan fingerprint density at radius 1 is 1.11 bits per heavy atom. The molecule has 0 atom stereocenters. The summed E-state index contributed by atoms with van der Waals surface area (Å²) in [6.45, 7) is 4.35. The number of thiophene rings is 1. The van der Waals surface area contributed by atoms with Crippen molar-refractivity contribution in [3.05, 3.63) is 50.9 Å². The van der Waals surface area contributed by atoms with Crippen LogP contribution in [0.1, 0.15) is 24.1 Å². The molecule has 4 aromatic rings. The van der Waals surface area contributed by atoms with E-state index in [2.05, 4.69) is 10.4 Å². The number of thiazole rings is 1. The van der Waals surface area contributed by atoms with E-state index in [4.69, 9.17) is 28.2 Å². The first-order chi connectivity index (χ1) is 16.6. The molecular weight excluding hydrogens is 549 g/mol. The molecule has 0 saturated carbocycles. The number of rotatable bonds is 5. The summed E-state index contributed by atoms with van der Waals surface area (Å²) in [5.74, 6) is 0.0328. The predicted molar refractivity (Wildman–Crippen MR) is 141 cm³/mol. The Balaban J connectivity index is 1.31. The summed E-state index contributed by atoms with van der Waals surface area (Å²) in [7, 11) is -3.60. The molecule has 4 heterocycles. The summed E-state index contributed by atoms with van der Waals surface area (Å²) in [4.78, 5) is 17.8. The zero-order chi connectivity index (χ0) is 24.9. The highest BCUT2D eigenvalue weighted by molar-refractivity contribution is 7.91. The molecule has 184 valence electrons. The van der Waals surface area contributed by atoms with Crippen LogP contribution in [0.3, 0.4) is 0 Å². The summed E-state index contributed by atoms with van der Waals surface area (Å²) in [5, 5.41) is 8.72. The Hall–Kier alpha value is -2.02. The third kappa shape index (κ3) is 4.73. The van der Waals surface area contributed by atoms with Gasteiger partial charge in [-0.05, 0) is 50.5 Å². The number of aromatic nitrogens is 3. The molecule has 1 N–H and O–H groups in total. The van der Waals surface area contributed by atoms with Gasteiger partial charge in [0.2, 0.25) is 11.0 Å². The highest BCUT2D eigenvalue weighted by Gasteiger charge is 2.33. The number of nitrogens with one attached hydrogen (secondary N) is 1. The summed E-state index contributed by atoms with van der Waals surface area (Å²) in [6.07, 6.45) is 0.848. The number of sulfonamides is 1. The molecule has 0 radical (unpaired) electrons. The lowest BCUT2D eigenvalue weighted by molar-refractivity contribution is -0.120. The van der Waals surface area contributed by atoms with Gasteiger partial charge < -0.3 is 5.32 Å². The molecule has 1 amide bonds. The van der Waals surface area contributed by atoms with Crippen molar-refractivity contribution in [2.24, 2.45) is 5.92 Å². The van der Waals surface area contributed by atoms with E-state index in [0.29, 0.717) is 33.2 Å². The summed E-state index contributed by atoms with van der Waals surface area (Å²) >= 11 is 14.7. The minimum absolute atomic E-state index is 0.169. The van der Waals surface area contributed by atoms with E-state index >= 15 is 0 Å². The average molecular weight is 571 g/mol. The second-order valence-electron chi connectivity index (χ2n) is 8.35. The Kier molecular flexibility index (Phi) is 6.66. The predicted octanol–water partition coefficient (Wildman–Crippen LogP) is 5.51. The van der Waals surface area contributed by atoms with Crippen molar-refractivity contribution in [3.8, 4) is 5.13 Å². The number of nitrogens with zero attached hydrogens (tertiary/aromatic N) is 4. The van der Waals surface area contributed by atoms with Crippen LogP contribution in [-0.2, 0) is 14.8 Å². The van der Waals surface area contributed by atoms with Crippen LogP contribution in [0.15, 0.2) is 34.5 Å². The topological polar surface area (TPSA) is 97.2 Å². The highest BCUT2D eigenvalue weighted by atomic mass is 35.5. The van der Waals surface area contributed by atoms with Crippen molar-refractivity contribution in [1.82, 2.24) is 19.1 Å². The van der Waals surface area contributed by atoms with Crippen LogP contribution in [-0.4, -0.2) is 46.5 Å². The van der Waals surface area contributed by atoms with E-state index in [1.54, 1.807) is 16.8 Å². The largest absolute Gasteiger partial charge is 0.310 e. The zero-order valence-electron chi connectivity index (χ0n) is 18.8. The number of aryl methyl sites for hydroxylation is 2. The molecule has 35 heavy (non-hydrogen) atoms. The van der Waals surface area contributed by atoms with E-state index in [9.17, 15) is 13.2 Å². The molecule has 0 bridgehead atoms. The van der Waals surface area contributed by atoms with Gasteiger partial charge in [-0.3, -0.25) is 4.79 Å². The smallest absolute Gasteiger partial charge is 0.252 e. The van der Waals surface area contributed by atoms with E-state index in [1.165, 1.54) is 21.7 Å². The fraction of sp³-hybridized carbons (Fsp3) is 0.318. The molecule has 13 heteroatoms. The molecule has 0 spiro atoms. The van der Waals surface area contributed by atoms with Gasteiger partial charge in [0.05, 0.1) is 25.3 Å². The number of amides is 1. The van der Waals surface area contributed by atoms with Crippen LogP contribution in [0.4, 0.5) is 5.82 Å². The number of benzene rings is 1. The van der Waals surface area contributed by atoms with Crippen LogP contribution in [0.25, 0.3) is 15.3 Å². The number of carbonyl (C=O) groups is 1. The van der Waals surface area contributed by atoms with Gasteiger partial charge in [-0.2, -0.15) is 14.1 Å². The molecular formula is C22H21Cl2N5O3S3. The number of piperidine rings is 1. The monoisotopic (exact) mass is 569 g/mol. The first-order valence-corrected chi connectivity index (χ1v) is 14.7. The Morgan fingerprint density at radius 2 is 1.86 bits per heavy atom. The average Bonchev–Trinajstić information content (AvgIpc) is 3.55. The summed E-state index contributed by atoms with van der Waals surface area (Å²) < 4.78 is 30.2. The van der Waals surface area contributed by atoms with Crippen molar-refractivity contribution in [2.45, 2.75) is 30.9 Å². The quantitative estimate of drug-likeness (QED) is 0.342. The zero-order valence-corrected chi connectivity index (χ0v) is 22.7. The maximum Gasteiger partial charge on any atom is 0.252 e. The SMILES string of the molecule is Cc1cc(NC(=O)C2CCN(S(=O)(=O)c3ccc(Cl)s3)CC2)n(-c2nc3c(C)ccc(Cl)c3s2)n1. The third-order valence-corrected chi connectivity index (χ3v) is 11.0. The van der Waals surface area contributed by atoms with E-state index in [-0.39, 0.29) is 29.1 Å². The van der Waals surface area contributed by atoms with Crippen LogP contribution >= 0.6 is 45.9 Å². The Labute approximate surface area is 220 Å². The van der Waals surface area contributed by atoms with Crippen LogP contribution in [0.2, 0.25) is 9.36 Å². The number of hydrogen-bond acceptors (Lipinski definition) is 7. The Bertz CT molecular complexity index is 1500. The molecule has 3 aromatic heterocycles. The van der Waals surface area contributed by atoms with E-state index in [0.717, 1.165) is 32.8 Å². The van der Waals surface area contributed by atoms with Gasteiger partial charge in [0.25, 0.3) is 10.0 Å². The van der Waals surface area contributed by atoms with Crippen LogP contribution < -0.4 is 5.32 Å². The lowest BCUT2D eigenvalue weighted by Gasteiger charge is -2.30. The molecule has 1 aromatic carbocycles. The van der Waals surface area contributed by atoms with Crippen LogP contribution in [0.5, 0.6) is 0 Å². The second-order valence-corrected chi connectivity index (χ2v) is 13.6. The summed E-state index contributed by atoms with van der Waals surface area (Å²) in [5.41, 5.74) is 2.55. The molecule has 8 nitrogen and oxygen atoms in total. The first kappa shape index (κ1) is 24.7. The summed E-state index contributed by atoms with van der Waals surface area (Å²) in [6, 6.07) is 8.65. The molecule has 5 rings (SSSR count). The van der Waals surface area contributed by atoms with Gasteiger partial charge in [-0.25, -0.2) is 13.4 Å². The number of fused-ring (bicyclic) bond motifs is 1.